The van der Waals surface area contributed by atoms with Crippen LogP contribution >= 0.6 is 15.9 Å². The van der Waals surface area contributed by atoms with Crippen molar-refractivity contribution < 1.29 is 4.79 Å². The Balaban J connectivity index is 2.19. The Hall–Kier alpha value is -0.870. The summed E-state index contributed by atoms with van der Waals surface area (Å²) in [6.45, 7) is 8.42. The van der Waals surface area contributed by atoms with Gasteiger partial charge in [0, 0.05) is 27.4 Å². The third-order valence-corrected chi connectivity index (χ3v) is 5.18. The van der Waals surface area contributed by atoms with Crippen LogP contribution in [0.5, 0.6) is 0 Å². The van der Waals surface area contributed by atoms with Crippen molar-refractivity contribution in [2.45, 2.75) is 39.8 Å². The smallest absolute Gasteiger partial charge is 0.252 e. The molecule has 3 N–H and O–H groups in total. The second-order valence-corrected chi connectivity index (χ2v) is 7.36. The van der Waals surface area contributed by atoms with Crippen LogP contribution in [-0.4, -0.2) is 18.0 Å². The second kappa shape index (κ2) is 4.60. The minimum Gasteiger partial charge on any atom is -0.348 e. The first-order valence-electron chi connectivity index (χ1n) is 6.50. The maximum atomic E-state index is 12.4. The molecule has 1 saturated carbocycles. The van der Waals surface area contributed by atoms with Crippen LogP contribution in [0.2, 0.25) is 0 Å². The first kappa shape index (κ1) is 14.5. The molecule has 4 heteroatoms. The van der Waals surface area contributed by atoms with Gasteiger partial charge in [-0.3, -0.25) is 4.79 Å². The number of halogens is 1. The van der Waals surface area contributed by atoms with Crippen LogP contribution in [0, 0.1) is 10.8 Å². The number of nitrogens with one attached hydrogen (secondary N) is 1. The van der Waals surface area contributed by atoms with Crippen LogP contribution in [0.3, 0.4) is 0 Å². The number of carbonyl (C=O) groups is 1. The van der Waals surface area contributed by atoms with E-state index in [9.17, 15) is 4.79 Å². The van der Waals surface area contributed by atoms with Crippen LogP contribution in [0.1, 0.15) is 38.1 Å². The van der Waals surface area contributed by atoms with E-state index in [1.165, 1.54) is 0 Å². The molecule has 1 aromatic rings. The highest BCUT2D eigenvalue weighted by Crippen LogP contribution is 2.52. The Bertz CT molecular complexity index is 495. The van der Waals surface area contributed by atoms with Gasteiger partial charge in [0.05, 0.1) is 5.56 Å². The van der Waals surface area contributed by atoms with E-state index in [1.807, 2.05) is 24.3 Å². The van der Waals surface area contributed by atoms with Crippen LogP contribution in [0.25, 0.3) is 0 Å². The van der Waals surface area contributed by atoms with E-state index in [2.05, 4.69) is 48.9 Å². The van der Waals surface area contributed by atoms with Gasteiger partial charge in [-0.25, -0.2) is 0 Å². The van der Waals surface area contributed by atoms with Gasteiger partial charge >= 0.3 is 0 Å². The maximum absolute atomic E-state index is 12.4. The Morgan fingerprint density at radius 3 is 2.26 bits per heavy atom. The van der Waals surface area contributed by atoms with E-state index in [4.69, 9.17) is 5.73 Å². The van der Waals surface area contributed by atoms with Gasteiger partial charge < -0.3 is 11.1 Å². The second-order valence-electron chi connectivity index (χ2n) is 6.51. The van der Waals surface area contributed by atoms with Crippen molar-refractivity contribution in [2.24, 2.45) is 16.6 Å². The van der Waals surface area contributed by atoms with Gasteiger partial charge in [-0.05, 0) is 28.1 Å². The molecule has 0 atom stereocenters. The van der Waals surface area contributed by atoms with Crippen LogP contribution in [-0.2, 0) is 0 Å². The van der Waals surface area contributed by atoms with Crippen molar-refractivity contribution in [3.63, 3.8) is 0 Å². The highest BCUT2D eigenvalue weighted by molar-refractivity contribution is 9.10. The molecule has 104 valence electrons. The molecule has 19 heavy (non-hydrogen) atoms. The Kier molecular flexibility index (Phi) is 3.52. The van der Waals surface area contributed by atoms with Crippen molar-refractivity contribution in [3.05, 3.63) is 34.3 Å². The molecule has 1 aliphatic rings. The highest BCUT2D eigenvalue weighted by atomic mass is 79.9. The van der Waals surface area contributed by atoms with Gasteiger partial charge in [0.15, 0.2) is 0 Å². The molecule has 0 bridgehead atoms. The summed E-state index contributed by atoms with van der Waals surface area (Å²) >= 11 is 3.41. The predicted molar refractivity (Wildman–Crippen MR) is 80.9 cm³/mol. The van der Waals surface area contributed by atoms with E-state index in [-0.39, 0.29) is 28.8 Å². The Morgan fingerprint density at radius 2 is 1.74 bits per heavy atom. The minimum absolute atomic E-state index is 0.0504. The van der Waals surface area contributed by atoms with E-state index < -0.39 is 0 Å². The zero-order chi connectivity index (χ0) is 14.4. The quantitative estimate of drug-likeness (QED) is 0.878. The van der Waals surface area contributed by atoms with E-state index in [1.54, 1.807) is 0 Å². The summed E-state index contributed by atoms with van der Waals surface area (Å²) in [5.74, 6) is -0.0504. The van der Waals surface area contributed by atoms with Gasteiger partial charge in [0.1, 0.15) is 0 Å². The predicted octanol–water partition coefficient (Wildman–Crippen LogP) is 2.94. The molecule has 1 aromatic carbocycles. The molecule has 1 amide bonds. The molecule has 0 radical (unpaired) electrons. The largest absolute Gasteiger partial charge is 0.348 e. The topological polar surface area (TPSA) is 55.1 Å². The van der Waals surface area contributed by atoms with Gasteiger partial charge in [-0.2, -0.15) is 0 Å². The molecule has 0 aromatic heterocycles. The highest BCUT2D eigenvalue weighted by Gasteiger charge is 2.60. The van der Waals surface area contributed by atoms with Crippen molar-refractivity contribution in [2.75, 3.05) is 0 Å². The number of hydrogen-bond donors (Lipinski definition) is 2. The lowest BCUT2D eigenvalue weighted by Crippen LogP contribution is -2.76. The van der Waals surface area contributed by atoms with Crippen molar-refractivity contribution >= 4 is 21.8 Å². The number of amides is 1. The maximum Gasteiger partial charge on any atom is 0.252 e. The molecule has 0 aliphatic heterocycles. The van der Waals surface area contributed by atoms with Crippen LogP contribution in [0.15, 0.2) is 28.7 Å². The molecule has 0 spiro atoms. The monoisotopic (exact) mass is 324 g/mol. The molecule has 1 aliphatic carbocycles. The molecule has 3 nitrogen and oxygen atoms in total. The molecular formula is C15H21BrN2O. The number of hydrogen-bond acceptors (Lipinski definition) is 2. The fourth-order valence-electron chi connectivity index (χ4n) is 3.41. The molecule has 0 saturated heterocycles. The summed E-state index contributed by atoms with van der Waals surface area (Å²) in [6.07, 6.45) is 0. The summed E-state index contributed by atoms with van der Waals surface area (Å²) < 4.78 is 0.812. The Labute approximate surface area is 123 Å². The van der Waals surface area contributed by atoms with Gasteiger partial charge in [0.2, 0.25) is 0 Å². The summed E-state index contributed by atoms with van der Waals surface area (Å²) in [6, 6.07) is 7.62. The number of benzene rings is 1. The lowest BCUT2D eigenvalue weighted by Gasteiger charge is -2.62. The summed E-state index contributed by atoms with van der Waals surface area (Å²) in [4.78, 5) is 12.4. The average Bonchev–Trinajstić information content (AvgIpc) is 2.34. The zero-order valence-electron chi connectivity index (χ0n) is 11.8. The Morgan fingerprint density at radius 1 is 1.21 bits per heavy atom. The van der Waals surface area contributed by atoms with Crippen LogP contribution < -0.4 is 11.1 Å². The number of nitrogens with two attached hydrogens (primary N) is 1. The average molecular weight is 325 g/mol. The third-order valence-electron chi connectivity index (χ3n) is 4.49. The standard InChI is InChI=1S/C15H21BrN2O/c1-14(2)12(17)15(3,4)13(14)18-11(19)9-7-5-6-8-10(9)16/h5-8,12-13H,17H2,1-4H3,(H,18,19). The van der Waals surface area contributed by atoms with E-state index in [0.717, 1.165) is 4.47 Å². The van der Waals surface area contributed by atoms with E-state index in [0.29, 0.717) is 5.56 Å². The first-order valence-corrected chi connectivity index (χ1v) is 7.29. The van der Waals surface area contributed by atoms with Crippen LogP contribution in [0.4, 0.5) is 0 Å². The van der Waals surface area contributed by atoms with Gasteiger partial charge in [-0.15, -0.1) is 0 Å². The first-order chi connectivity index (χ1) is 8.69. The third kappa shape index (κ3) is 2.21. The van der Waals surface area contributed by atoms with Gasteiger partial charge in [0.25, 0.3) is 5.91 Å². The lowest BCUT2D eigenvalue weighted by atomic mass is 9.48. The minimum atomic E-state index is -0.0829. The number of carbonyl (C=O) groups excluding carboxylic acids is 1. The summed E-state index contributed by atoms with van der Waals surface area (Å²) in [5.41, 5.74) is 6.70. The van der Waals surface area contributed by atoms with Crippen molar-refractivity contribution in [1.82, 2.24) is 5.32 Å². The molecule has 0 heterocycles. The lowest BCUT2D eigenvalue weighted by molar-refractivity contribution is -0.0663. The molecule has 2 rings (SSSR count). The normalized spacial score (nSPS) is 27.5. The fourth-order valence-corrected chi connectivity index (χ4v) is 3.87. The fraction of sp³-hybridized carbons (Fsp3) is 0.533. The zero-order valence-corrected chi connectivity index (χ0v) is 13.4. The number of rotatable bonds is 2. The van der Waals surface area contributed by atoms with Gasteiger partial charge in [-0.1, -0.05) is 39.8 Å². The van der Waals surface area contributed by atoms with Crippen molar-refractivity contribution in [1.29, 1.82) is 0 Å². The molecule has 0 unspecified atom stereocenters. The SMILES string of the molecule is CC1(C)C(N)C(C)(C)C1NC(=O)c1ccccc1Br. The molecule has 1 fully saturated rings. The van der Waals surface area contributed by atoms with E-state index >= 15 is 0 Å². The summed E-state index contributed by atoms with van der Waals surface area (Å²) in [7, 11) is 0. The molecular weight excluding hydrogens is 304 g/mol. The van der Waals surface area contributed by atoms with Crippen molar-refractivity contribution in [3.8, 4) is 0 Å². The summed E-state index contributed by atoms with van der Waals surface area (Å²) in [5, 5.41) is 3.14.